The Kier molecular flexibility index (Phi) is 2.98. The Morgan fingerprint density at radius 1 is 1.21 bits per heavy atom. The minimum atomic E-state index is -0.289. The number of ether oxygens (including phenoxy) is 1. The molecule has 0 aliphatic heterocycles. The molecule has 0 fully saturated rings. The first-order valence-corrected chi connectivity index (χ1v) is 6.36. The highest BCUT2D eigenvalue weighted by molar-refractivity contribution is 9.10. The van der Waals surface area contributed by atoms with Crippen LogP contribution in [0.5, 0.6) is 5.75 Å². The third kappa shape index (κ3) is 2.21. The molecule has 1 aromatic heterocycles. The number of hydrogen-bond acceptors (Lipinski definition) is 3. The fourth-order valence-corrected chi connectivity index (χ4v) is 2.31. The molecular weight excluding hydrogens is 313 g/mol. The Morgan fingerprint density at radius 2 is 1.95 bits per heavy atom. The molecule has 0 N–H and O–H groups in total. The number of halogens is 2. The molecule has 0 aliphatic carbocycles. The molecule has 2 aromatic carbocycles. The summed E-state index contributed by atoms with van der Waals surface area (Å²) < 4.78 is 24.5. The Morgan fingerprint density at radius 3 is 2.63 bits per heavy atom. The van der Waals surface area contributed by atoms with E-state index in [4.69, 9.17) is 9.15 Å². The van der Waals surface area contributed by atoms with Crippen molar-refractivity contribution in [3.8, 4) is 17.2 Å². The topological polar surface area (TPSA) is 35.3 Å². The van der Waals surface area contributed by atoms with Gasteiger partial charge in [0.25, 0.3) is 0 Å². The van der Waals surface area contributed by atoms with E-state index in [0.29, 0.717) is 22.7 Å². The lowest BCUT2D eigenvalue weighted by Gasteiger charge is -1.98. The van der Waals surface area contributed by atoms with Crippen molar-refractivity contribution in [3.05, 3.63) is 46.7 Å². The first-order valence-electron chi connectivity index (χ1n) is 5.57. The lowest BCUT2D eigenvalue weighted by Crippen LogP contribution is -1.82. The summed E-state index contributed by atoms with van der Waals surface area (Å²) in [6.07, 6.45) is 0. The zero-order chi connectivity index (χ0) is 13.4. The number of methoxy groups -OCH3 is 1. The lowest BCUT2D eigenvalue weighted by molar-refractivity contribution is 0.415. The second kappa shape index (κ2) is 4.66. The third-order valence-electron chi connectivity index (χ3n) is 2.75. The summed E-state index contributed by atoms with van der Waals surface area (Å²) in [6.45, 7) is 0. The van der Waals surface area contributed by atoms with E-state index in [1.54, 1.807) is 25.3 Å². The van der Waals surface area contributed by atoms with Crippen molar-refractivity contribution in [2.45, 2.75) is 0 Å². The molecule has 1 heterocycles. The summed E-state index contributed by atoms with van der Waals surface area (Å²) in [5.74, 6) is 0.852. The molecule has 5 heteroatoms. The van der Waals surface area contributed by atoms with E-state index in [1.807, 2.05) is 6.07 Å². The first-order chi connectivity index (χ1) is 9.17. The molecule has 0 bridgehead atoms. The van der Waals surface area contributed by atoms with Crippen LogP contribution in [0.15, 0.2) is 45.3 Å². The molecule has 0 atom stereocenters. The Bertz CT molecular complexity index is 737. The molecule has 0 saturated carbocycles. The van der Waals surface area contributed by atoms with E-state index in [0.717, 1.165) is 10.0 Å². The van der Waals surface area contributed by atoms with Crippen molar-refractivity contribution in [2.24, 2.45) is 0 Å². The predicted molar refractivity (Wildman–Crippen MR) is 73.7 cm³/mol. The molecule has 0 unspecified atom stereocenters. The largest absolute Gasteiger partial charge is 0.497 e. The molecule has 0 radical (unpaired) electrons. The summed E-state index contributed by atoms with van der Waals surface area (Å²) in [4.78, 5) is 4.38. The average molecular weight is 322 g/mol. The molecule has 0 aliphatic rings. The molecule has 3 aromatic rings. The summed E-state index contributed by atoms with van der Waals surface area (Å²) >= 11 is 3.41. The summed E-state index contributed by atoms with van der Waals surface area (Å²) in [7, 11) is 1.59. The number of aromatic nitrogens is 1. The van der Waals surface area contributed by atoms with Crippen LogP contribution in [0.3, 0.4) is 0 Å². The van der Waals surface area contributed by atoms with E-state index >= 15 is 0 Å². The van der Waals surface area contributed by atoms with Gasteiger partial charge in [-0.2, -0.15) is 0 Å². The standard InChI is InChI=1S/C14H9BrFNO2/c1-18-10-6-11(15)13-12(7-10)17-14(19-13)8-2-4-9(16)5-3-8/h2-7H,1H3. The number of oxazole rings is 1. The smallest absolute Gasteiger partial charge is 0.227 e. The van der Waals surface area contributed by atoms with Gasteiger partial charge in [0.05, 0.1) is 11.6 Å². The van der Waals surface area contributed by atoms with Crippen molar-refractivity contribution in [3.63, 3.8) is 0 Å². The molecule has 3 nitrogen and oxygen atoms in total. The number of rotatable bonds is 2. The normalized spacial score (nSPS) is 10.9. The van der Waals surface area contributed by atoms with E-state index < -0.39 is 0 Å². The van der Waals surface area contributed by atoms with Crippen molar-refractivity contribution >= 4 is 27.0 Å². The minimum absolute atomic E-state index is 0.289. The zero-order valence-corrected chi connectivity index (χ0v) is 11.6. The van der Waals surface area contributed by atoms with Gasteiger partial charge in [0.1, 0.15) is 17.1 Å². The fraction of sp³-hybridized carbons (Fsp3) is 0.0714. The zero-order valence-electron chi connectivity index (χ0n) is 9.98. The van der Waals surface area contributed by atoms with Crippen LogP contribution >= 0.6 is 15.9 Å². The monoisotopic (exact) mass is 321 g/mol. The van der Waals surface area contributed by atoms with Gasteiger partial charge < -0.3 is 9.15 Å². The Balaban J connectivity index is 2.16. The van der Waals surface area contributed by atoms with Crippen LogP contribution in [0.4, 0.5) is 4.39 Å². The Labute approximate surface area is 117 Å². The van der Waals surface area contributed by atoms with Gasteiger partial charge in [-0.3, -0.25) is 0 Å². The number of fused-ring (bicyclic) bond motifs is 1. The maximum absolute atomic E-state index is 12.9. The van der Waals surface area contributed by atoms with Gasteiger partial charge in [-0.25, -0.2) is 9.37 Å². The van der Waals surface area contributed by atoms with Gasteiger partial charge in [0.2, 0.25) is 5.89 Å². The number of benzene rings is 2. The number of hydrogen-bond donors (Lipinski definition) is 0. The van der Waals surface area contributed by atoms with E-state index in [2.05, 4.69) is 20.9 Å². The van der Waals surface area contributed by atoms with Gasteiger partial charge >= 0.3 is 0 Å². The van der Waals surface area contributed by atoms with Crippen molar-refractivity contribution in [1.82, 2.24) is 4.98 Å². The molecule has 0 saturated heterocycles. The van der Waals surface area contributed by atoms with Crippen LogP contribution in [-0.2, 0) is 0 Å². The highest BCUT2D eigenvalue weighted by atomic mass is 79.9. The first kappa shape index (κ1) is 12.2. The highest BCUT2D eigenvalue weighted by Crippen LogP contribution is 2.32. The van der Waals surface area contributed by atoms with Crippen LogP contribution in [0, 0.1) is 5.82 Å². The number of nitrogens with zero attached hydrogens (tertiary/aromatic N) is 1. The predicted octanol–water partition coefficient (Wildman–Crippen LogP) is 4.41. The maximum Gasteiger partial charge on any atom is 0.227 e. The highest BCUT2D eigenvalue weighted by Gasteiger charge is 2.12. The van der Waals surface area contributed by atoms with Crippen molar-refractivity contribution in [1.29, 1.82) is 0 Å². The molecule has 19 heavy (non-hydrogen) atoms. The van der Waals surface area contributed by atoms with Crippen LogP contribution in [0.25, 0.3) is 22.6 Å². The van der Waals surface area contributed by atoms with Crippen molar-refractivity contribution < 1.29 is 13.5 Å². The molecule has 96 valence electrons. The lowest BCUT2D eigenvalue weighted by atomic mass is 10.2. The van der Waals surface area contributed by atoms with Gasteiger partial charge in [-0.1, -0.05) is 0 Å². The molecular formula is C14H9BrFNO2. The molecule has 3 rings (SSSR count). The summed E-state index contributed by atoms with van der Waals surface area (Å²) in [6, 6.07) is 9.61. The maximum atomic E-state index is 12.9. The van der Waals surface area contributed by atoms with Crippen molar-refractivity contribution in [2.75, 3.05) is 7.11 Å². The third-order valence-corrected chi connectivity index (χ3v) is 3.33. The van der Waals surface area contributed by atoms with E-state index in [9.17, 15) is 4.39 Å². The van der Waals surface area contributed by atoms with Gasteiger partial charge in [-0.15, -0.1) is 0 Å². The quantitative estimate of drug-likeness (QED) is 0.701. The van der Waals surface area contributed by atoms with Gasteiger partial charge in [0, 0.05) is 11.6 Å². The van der Waals surface area contributed by atoms with Crippen LogP contribution in [0.1, 0.15) is 0 Å². The van der Waals surface area contributed by atoms with E-state index in [1.165, 1.54) is 12.1 Å². The van der Waals surface area contributed by atoms with Gasteiger partial charge in [0.15, 0.2) is 5.58 Å². The molecule has 0 amide bonds. The summed E-state index contributed by atoms with van der Waals surface area (Å²) in [5.41, 5.74) is 2.05. The SMILES string of the molecule is COc1cc(Br)c2oc(-c3ccc(F)cc3)nc2c1. The van der Waals surface area contributed by atoms with Crippen LogP contribution in [0.2, 0.25) is 0 Å². The molecule has 0 spiro atoms. The second-order valence-electron chi connectivity index (χ2n) is 3.98. The second-order valence-corrected chi connectivity index (χ2v) is 4.84. The van der Waals surface area contributed by atoms with E-state index in [-0.39, 0.29) is 5.82 Å². The summed E-state index contributed by atoms with van der Waals surface area (Å²) in [5, 5.41) is 0. The fourth-order valence-electron chi connectivity index (χ4n) is 1.80. The Hall–Kier alpha value is -1.88. The van der Waals surface area contributed by atoms with Crippen LogP contribution < -0.4 is 4.74 Å². The average Bonchev–Trinajstić information content (AvgIpc) is 2.84. The minimum Gasteiger partial charge on any atom is -0.497 e. The van der Waals surface area contributed by atoms with Gasteiger partial charge in [-0.05, 0) is 46.3 Å². The van der Waals surface area contributed by atoms with Crippen LogP contribution in [-0.4, -0.2) is 12.1 Å².